The number of Topliss-reactive ketones (excluding diaryl/α,β-unsaturated/α-hetero) is 1. The molecule has 110 valence electrons. The largest absolute Gasteiger partial charge is 0.497 e. The molecule has 0 aliphatic rings. The van der Waals surface area contributed by atoms with Crippen LogP contribution in [0.2, 0.25) is 0 Å². The quantitative estimate of drug-likeness (QED) is 0.594. The minimum absolute atomic E-state index is 0.116. The van der Waals surface area contributed by atoms with E-state index in [1.165, 1.54) is 13.2 Å². The van der Waals surface area contributed by atoms with Crippen molar-refractivity contribution >= 4 is 11.8 Å². The first-order chi connectivity index (χ1) is 9.31. The maximum Gasteiger partial charge on any atom is 0.374 e. The highest BCUT2D eigenvalue weighted by Gasteiger charge is 2.30. The van der Waals surface area contributed by atoms with Crippen molar-refractivity contribution in [1.29, 1.82) is 0 Å². The van der Waals surface area contributed by atoms with Crippen molar-refractivity contribution in [2.24, 2.45) is 0 Å². The van der Waals surface area contributed by atoms with Crippen molar-refractivity contribution in [1.82, 2.24) is 0 Å². The third-order valence-electron chi connectivity index (χ3n) is 3.01. The van der Waals surface area contributed by atoms with Gasteiger partial charge >= 0.3 is 5.97 Å². The Morgan fingerprint density at radius 1 is 1.30 bits per heavy atom. The van der Waals surface area contributed by atoms with Gasteiger partial charge in [0.25, 0.3) is 0 Å². The first kappa shape index (κ1) is 16.1. The SMILES string of the molecule is CCOC(=O)C(=O)CC(C)(C)c1ccc(OC)cc1F. The van der Waals surface area contributed by atoms with Gasteiger partial charge in [0.1, 0.15) is 11.6 Å². The molecule has 0 saturated heterocycles. The molecule has 0 aromatic heterocycles. The summed E-state index contributed by atoms with van der Waals surface area (Å²) in [6, 6.07) is 4.44. The topological polar surface area (TPSA) is 52.6 Å². The number of halogens is 1. The zero-order valence-electron chi connectivity index (χ0n) is 12.2. The highest BCUT2D eigenvalue weighted by Crippen LogP contribution is 2.31. The molecule has 0 saturated carbocycles. The van der Waals surface area contributed by atoms with Crippen LogP contribution in [0.1, 0.15) is 32.8 Å². The number of esters is 1. The van der Waals surface area contributed by atoms with Crippen LogP contribution in [0.4, 0.5) is 4.39 Å². The molecule has 0 fully saturated rings. The van der Waals surface area contributed by atoms with E-state index in [0.717, 1.165) is 0 Å². The summed E-state index contributed by atoms with van der Waals surface area (Å²) < 4.78 is 23.6. The van der Waals surface area contributed by atoms with Crippen LogP contribution in [-0.2, 0) is 19.7 Å². The number of rotatable bonds is 6. The van der Waals surface area contributed by atoms with E-state index in [9.17, 15) is 14.0 Å². The molecule has 0 bridgehead atoms. The van der Waals surface area contributed by atoms with Crippen molar-refractivity contribution in [2.45, 2.75) is 32.6 Å². The Labute approximate surface area is 117 Å². The van der Waals surface area contributed by atoms with Gasteiger partial charge in [0.2, 0.25) is 5.78 Å². The molecular formula is C15H19FO4. The van der Waals surface area contributed by atoms with Gasteiger partial charge in [0, 0.05) is 17.9 Å². The number of ether oxygens (including phenoxy) is 2. The van der Waals surface area contributed by atoms with Gasteiger partial charge in [0.15, 0.2) is 0 Å². The van der Waals surface area contributed by atoms with Crippen LogP contribution in [0.3, 0.4) is 0 Å². The average Bonchev–Trinajstić information content (AvgIpc) is 2.37. The number of ketones is 1. The van der Waals surface area contributed by atoms with Crippen molar-refractivity contribution < 1.29 is 23.5 Å². The number of benzene rings is 1. The predicted octanol–water partition coefficient (Wildman–Crippen LogP) is 2.63. The lowest BCUT2D eigenvalue weighted by molar-refractivity contribution is -0.154. The van der Waals surface area contributed by atoms with Gasteiger partial charge in [-0.15, -0.1) is 0 Å². The average molecular weight is 282 g/mol. The normalized spacial score (nSPS) is 11.1. The third-order valence-corrected chi connectivity index (χ3v) is 3.01. The van der Waals surface area contributed by atoms with Gasteiger partial charge in [-0.2, -0.15) is 0 Å². The standard InChI is InChI=1S/C15H19FO4/c1-5-20-14(18)13(17)9-15(2,3)11-7-6-10(19-4)8-12(11)16/h6-8H,5,9H2,1-4H3. The fourth-order valence-corrected chi connectivity index (χ4v) is 1.95. The minimum atomic E-state index is -0.880. The predicted molar refractivity (Wildman–Crippen MR) is 72.2 cm³/mol. The second kappa shape index (κ2) is 6.50. The molecule has 0 aliphatic heterocycles. The molecule has 0 N–H and O–H groups in total. The first-order valence-electron chi connectivity index (χ1n) is 6.35. The molecule has 0 aliphatic carbocycles. The Bertz CT molecular complexity index is 509. The van der Waals surface area contributed by atoms with Crippen LogP contribution < -0.4 is 4.74 Å². The second-order valence-electron chi connectivity index (χ2n) is 5.05. The molecule has 0 spiro atoms. The molecule has 5 heteroatoms. The van der Waals surface area contributed by atoms with Gasteiger partial charge in [-0.25, -0.2) is 9.18 Å². The number of methoxy groups -OCH3 is 1. The Hall–Kier alpha value is -1.91. The van der Waals surface area contributed by atoms with Crippen molar-refractivity contribution in [3.8, 4) is 5.75 Å². The van der Waals surface area contributed by atoms with Crippen molar-refractivity contribution in [3.63, 3.8) is 0 Å². The van der Waals surface area contributed by atoms with Crippen LogP contribution in [0, 0.1) is 5.82 Å². The molecule has 0 atom stereocenters. The van der Waals surface area contributed by atoms with E-state index in [4.69, 9.17) is 4.74 Å². The van der Waals surface area contributed by atoms with Gasteiger partial charge in [-0.3, -0.25) is 4.79 Å². The maximum absolute atomic E-state index is 14.0. The summed E-state index contributed by atoms with van der Waals surface area (Å²) in [6.07, 6.45) is -0.116. The third kappa shape index (κ3) is 3.79. The van der Waals surface area contributed by atoms with Crippen LogP contribution >= 0.6 is 0 Å². The molecule has 20 heavy (non-hydrogen) atoms. The number of hydrogen-bond acceptors (Lipinski definition) is 4. The lowest BCUT2D eigenvalue weighted by Crippen LogP contribution is -2.28. The zero-order valence-corrected chi connectivity index (χ0v) is 12.2. The Balaban J connectivity index is 2.93. The molecule has 1 aromatic rings. The second-order valence-corrected chi connectivity index (χ2v) is 5.05. The van der Waals surface area contributed by atoms with Crippen molar-refractivity contribution in [2.75, 3.05) is 13.7 Å². The van der Waals surface area contributed by atoms with Crippen molar-refractivity contribution in [3.05, 3.63) is 29.6 Å². The Morgan fingerprint density at radius 2 is 1.95 bits per heavy atom. The van der Waals surface area contributed by atoms with E-state index in [0.29, 0.717) is 11.3 Å². The molecule has 0 unspecified atom stereocenters. The fourth-order valence-electron chi connectivity index (χ4n) is 1.95. The van der Waals surface area contributed by atoms with E-state index in [-0.39, 0.29) is 13.0 Å². The van der Waals surface area contributed by atoms with E-state index < -0.39 is 23.0 Å². The number of carbonyl (C=O) groups is 2. The maximum atomic E-state index is 14.0. The molecule has 4 nitrogen and oxygen atoms in total. The summed E-state index contributed by atoms with van der Waals surface area (Å²) in [5.74, 6) is -1.61. The molecule has 1 aromatic carbocycles. The van der Waals surface area contributed by atoms with E-state index in [1.807, 2.05) is 0 Å². The molecule has 0 amide bonds. The minimum Gasteiger partial charge on any atom is -0.497 e. The van der Waals surface area contributed by atoms with Gasteiger partial charge in [-0.05, 0) is 18.6 Å². The highest BCUT2D eigenvalue weighted by atomic mass is 19.1. The summed E-state index contributed by atoms with van der Waals surface area (Å²) in [7, 11) is 1.45. The number of hydrogen-bond donors (Lipinski definition) is 0. The van der Waals surface area contributed by atoms with E-state index in [2.05, 4.69) is 4.74 Å². The Kier molecular flexibility index (Phi) is 5.25. The molecule has 1 rings (SSSR count). The number of carbonyl (C=O) groups excluding carboxylic acids is 2. The lowest BCUT2D eigenvalue weighted by Gasteiger charge is -2.24. The summed E-state index contributed by atoms with van der Waals surface area (Å²) >= 11 is 0. The summed E-state index contributed by atoms with van der Waals surface area (Å²) in [5.41, 5.74) is -0.448. The first-order valence-corrected chi connectivity index (χ1v) is 6.35. The summed E-state index contributed by atoms with van der Waals surface area (Å²) in [5, 5.41) is 0. The van der Waals surface area contributed by atoms with Gasteiger partial charge < -0.3 is 9.47 Å². The van der Waals surface area contributed by atoms with Crippen LogP contribution in [0.25, 0.3) is 0 Å². The monoisotopic (exact) mass is 282 g/mol. The van der Waals surface area contributed by atoms with E-state index in [1.54, 1.807) is 32.9 Å². The zero-order chi connectivity index (χ0) is 15.3. The molecule has 0 radical (unpaired) electrons. The van der Waals surface area contributed by atoms with Crippen LogP contribution in [-0.4, -0.2) is 25.5 Å². The fraction of sp³-hybridized carbons (Fsp3) is 0.467. The molecule has 0 heterocycles. The lowest BCUT2D eigenvalue weighted by atomic mass is 9.80. The summed E-state index contributed by atoms with van der Waals surface area (Å²) in [4.78, 5) is 23.1. The highest BCUT2D eigenvalue weighted by molar-refractivity contribution is 6.33. The van der Waals surface area contributed by atoms with Crippen LogP contribution in [0.15, 0.2) is 18.2 Å². The van der Waals surface area contributed by atoms with Gasteiger partial charge in [-0.1, -0.05) is 19.9 Å². The Morgan fingerprint density at radius 3 is 2.45 bits per heavy atom. The molecular weight excluding hydrogens is 263 g/mol. The summed E-state index contributed by atoms with van der Waals surface area (Å²) in [6.45, 7) is 5.17. The smallest absolute Gasteiger partial charge is 0.374 e. The van der Waals surface area contributed by atoms with Gasteiger partial charge in [0.05, 0.1) is 13.7 Å². The van der Waals surface area contributed by atoms with Crippen LogP contribution in [0.5, 0.6) is 5.75 Å². The van der Waals surface area contributed by atoms with E-state index >= 15 is 0 Å².